The second-order valence-electron chi connectivity index (χ2n) is 9.44. The molecule has 2 unspecified atom stereocenters. The lowest BCUT2D eigenvalue weighted by atomic mass is 10.0. The number of carboxylic acids is 1. The number of amides is 3. The van der Waals surface area contributed by atoms with Gasteiger partial charge in [-0.1, -0.05) is 5.16 Å². The number of nitrogens with one attached hydrogen (secondary N) is 3. The van der Waals surface area contributed by atoms with Crippen LogP contribution in [0.25, 0.3) is 11.1 Å². The zero-order valence-corrected chi connectivity index (χ0v) is 24.6. The van der Waals surface area contributed by atoms with Gasteiger partial charge in [-0.3, -0.25) is 24.6 Å². The highest BCUT2D eigenvalue weighted by Gasteiger charge is 2.55. The van der Waals surface area contributed by atoms with Gasteiger partial charge in [0.1, 0.15) is 23.7 Å². The Morgan fingerprint density at radius 1 is 1.34 bits per heavy atom. The lowest BCUT2D eigenvalue weighted by Gasteiger charge is -2.49. The highest BCUT2D eigenvalue weighted by Crippen LogP contribution is 2.40. The molecule has 1 saturated heterocycles. The predicted molar refractivity (Wildman–Crippen MR) is 156 cm³/mol. The number of β-lactam (4-membered cyclic amide) rings is 1. The fourth-order valence-electron chi connectivity index (χ4n) is 4.62. The number of thioether (sulfide) groups is 1. The van der Waals surface area contributed by atoms with Crippen molar-refractivity contribution >= 4 is 57.8 Å². The third kappa shape index (κ3) is 6.23. The molecule has 3 aromatic rings. The Kier molecular flexibility index (Phi) is 8.87. The molecule has 226 valence electrons. The third-order valence-electron chi connectivity index (χ3n) is 6.58. The number of H-pyrrole nitrogens is 1. The molecule has 2 aliphatic heterocycles. The molecule has 5 rings (SSSR count). The van der Waals surface area contributed by atoms with E-state index in [-0.39, 0.29) is 41.9 Å². The molecule has 6 N–H and O–H groups in total. The third-order valence-corrected chi connectivity index (χ3v) is 8.46. The van der Waals surface area contributed by atoms with E-state index in [4.69, 9.17) is 15.8 Å². The Balaban J connectivity index is 1.28. The summed E-state index contributed by atoms with van der Waals surface area (Å²) in [5.41, 5.74) is 8.13. The van der Waals surface area contributed by atoms with Crippen LogP contribution >= 0.6 is 23.3 Å². The number of hydrogen-bond donors (Lipinski definition) is 5. The largest absolute Gasteiger partial charge is 0.477 e. The molecule has 0 aliphatic carbocycles. The summed E-state index contributed by atoms with van der Waals surface area (Å²) in [6.07, 6.45) is 6.95. The summed E-state index contributed by atoms with van der Waals surface area (Å²) in [6.45, 7) is 2.08. The van der Waals surface area contributed by atoms with Crippen molar-refractivity contribution in [2.45, 2.75) is 31.3 Å². The van der Waals surface area contributed by atoms with E-state index in [1.54, 1.807) is 42.3 Å². The van der Waals surface area contributed by atoms with E-state index in [1.807, 2.05) is 12.1 Å². The van der Waals surface area contributed by atoms with Crippen LogP contribution in [-0.4, -0.2) is 77.5 Å². The van der Waals surface area contributed by atoms with Gasteiger partial charge >= 0.3 is 5.97 Å². The molecule has 0 saturated carbocycles. The van der Waals surface area contributed by atoms with Gasteiger partial charge in [-0.05, 0) is 24.1 Å². The number of aromatic nitrogens is 4. The molecule has 16 nitrogen and oxygen atoms in total. The van der Waals surface area contributed by atoms with Gasteiger partial charge in [-0.25, -0.2) is 9.36 Å². The number of nitrogens with zero attached hydrogens (tertiary/aromatic N) is 6. The Hall–Kier alpha value is -5.28. The van der Waals surface area contributed by atoms with E-state index in [0.717, 1.165) is 22.7 Å². The van der Waals surface area contributed by atoms with Gasteiger partial charge < -0.3 is 26.0 Å². The molecular weight excluding hydrogens is 612 g/mol. The number of anilines is 1. The van der Waals surface area contributed by atoms with Crippen molar-refractivity contribution in [1.29, 1.82) is 5.26 Å². The van der Waals surface area contributed by atoms with Crippen molar-refractivity contribution in [3.05, 3.63) is 59.6 Å². The van der Waals surface area contributed by atoms with Crippen molar-refractivity contribution in [1.82, 2.24) is 29.9 Å². The fraction of sp³-hybridized carbons (Fsp3) is 0.269. The van der Waals surface area contributed by atoms with Gasteiger partial charge in [-0.2, -0.15) is 14.6 Å². The van der Waals surface area contributed by atoms with Crippen molar-refractivity contribution in [2.75, 3.05) is 18.1 Å². The lowest BCUT2D eigenvalue weighted by molar-refractivity contribution is -0.689. The van der Waals surface area contributed by atoms with E-state index in [2.05, 4.69) is 30.1 Å². The minimum absolute atomic E-state index is 0.0328. The van der Waals surface area contributed by atoms with Gasteiger partial charge in [0.25, 0.3) is 11.8 Å². The molecular formula is C26H25N10O6S2+. The topological polar surface area (TPSA) is 233 Å². The number of nitrogens with two attached hydrogens (primary N) is 1. The van der Waals surface area contributed by atoms with Gasteiger partial charge in [0.05, 0.1) is 6.42 Å². The standard InChI is InChI=1S/C26H24N10O6S2/c1-2-42-33-18(21-32-26(28)44-34-21)22(38)31-19-23(39)36-20(25(40)41)15(11-43-24(19)36)10-35-5-3-13(4-6-35)14-7-16(29-9-14)8-17(37)30-12-27/h3-7,9,19,24H,2,8,10-11H2,1H3,(H5,28,30,31,32,34,37,38,40,41)/p+1. The molecule has 18 heteroatoms. The predicted octanol–water partition coefficient (Wildman–Crippen LogP) is -0.278. The number of carbonyl (C=O) groups excluding carboxylic acids is 3. The first-order valence-electron chi connectivity index (χ1n) is 13.0. The molecule has 2 atom stereocenters. The summed E-state index contributed by atoms with van der Waals surface area (Å²) >= 11 is 2.21. The summed E-state index contributed by atoms with van der Waals surface area (Å²) < 4.78 is 5.78. The highest BCUT2D eigenvalue weighted by molar-refractivity contribution is 8.00. The van der Waals surface area contributed by atoms with Crippen LogP contribution in [-0.2, 0) is 37.0 Å². The molecule has 0 spiro atoms. The minimum Gasteiger partial charge on any atom is -0.477 e. The van der Waals surface area contributed by atoms with Gasteiger partial charge in [0.2, 0.25) is 17.4 Å². The molecule has 3 amide bonds. The van der Waals surface area contributed by atoms with Crippen molar-refractivity contribution < 1.29 is 33.7 Å². The number of aromatic amines is 1. The monoisotopic (exact) mass is 637 g/mol. The molecule has 2 aliphatic rings. The Morgan fingerprint density at radius 3 is 2.77 bits per heavy atom. The number of rotatable bonds is 11. The summed E-state index contributed by atoms with van der Waals surface area (Å²) in [6, 6.07) is 4.50. The molecule has 44 heavy (non-hydrogen) atoms. The first-order chi connectivity index (χ1) is 21.2. The van der Waals surface area contributed by atoms with E-state index in [0.29, 0.717) is 17.0 Å². The second kappa shape index (κ2) is 12.9. The number of oxime groups is 1. The zero-order valence-electron chi connectivity index (χ0n) is 23.0. The average molecular weight is 638 g/mol. The number of pyridine rings is 1. The van der Waals surface area contributed by atoms with Crippen LogP contribution in [0.4, 0.5) is 5.13 Å². The number of fused-ring (bicyclic) bond motifs is 1. The van der Waals surface area contributed by atoms with Crippen LogP contribution in [0.2, 0.25) is 0 Å². The molecule has 0 radical (unpaired) electrons. The van der Waals surface area contributed by atoms with Crippen LogP contribution in [0.5, 0.6) is 0 Å². The summed E-state index contributed by atoms with van der Waals surface area (Å²) in [5, 5.41) is 26.6. The number of nitrogen functional groups attached to an aromatic ring is 1. The zero-order chi connectivity index (χ0) is 31.4. The van der Waals surface area contributed by atoms with Gasteiger partial charge in [-0.15, -0.1) is 11.8 Å². The smallest absolute Gasteiger partial charge is 0.352 e. The second-order valence-corrected chi connectivity index (χ2v) is 11.3. The normalized spacial score (nSPS) is 17.8. The number of carbonyl (C=O) groups is 4. The van der Waals surface area contributed by atoms with Crippen molar-refractivity contribution in [2.24, 2.45) is 5.16 Å². The average Bonchev–Trinajstić information content (AvgIpc) is 3.65. The summed E-state index contributed by atoms with van der Waals surface area (Å²) in [5.74, 6) is -2.73. The van der Waals surface area contributed by atoms with Crippen LogP contribution in [0.1, 0.15) is 18.4 Å². The first-order valence-corrected chi connectivity index (χ1v) is 14.9. The number of hydrogen-bond acceptors (Lipinski definition) is 12. The molecule has 0 aromatic carbocycles. The molecule has 1 fully saturated rings. The lowest BCUT2D eigenvalue weighted by Crippen LogP contribution is -2.71. The minimum atomic E-state index is -1.25. The number of nitriles is 1. The number of carboxylic acid groups (broad SMARTS) is 1. The van der Waals surface area contributed by atoms with Gasteiger partial charge in [0.15, 0.2) is 30.3 Å². The first kappa shape index (κ1) is 30.2. The molecule has 3 aromatic heterocycles. The van der Waals surface area contributed by atoms with Crippen LogP contribution in [0.15, 0.2) is 53.2 Å². The Morgan fingerprint density at radius 2 is 2.11 bits per heavy atom. The maximum absolute atomic E-state index is 13.2. The van der Waals surface area contributed by atoms with Crippen molar-refractivity contribution in [3.63, 3.8) is 0 Å². The van der Waals surface area contributed by atoms with Crippen LogP contribution < -0.4 is 20.9 Å². The van der Waals surface area contributed by atoms with Gasteiger partial charge in [0, 0.05) is 46.9 Å². The van der Waals surface area contributed by atoms with Crippen LogP contribution in [0.3, 0.4) is 0 Å². The van der Waals surface area contributed by atoms with E-state index >= 15 is 0 Å². The Labute approximate surface area is 257 Å². The van der Waals surface area contributed by atoms with E-state index < -0.39 is 35.1 Å². The maximum atomic E-state index is 13.2. The van der Waals surface area contributed by atoms with E-state index in [1.165, 1.54) is 16.7 Å². The summed E-state index contributed by atoms with van der Waals surface area (Å²) in [7, 11) is 0. The number of aliphatic carboxylic acids is 1. The fourth-order valence-corrected chi connectivity index (χ4v) is 6.39. The summed E-state index contributed by atoms with van der Waals surface area (Å²) in [4.78, 5) is 63.3. The van der Waals surface area contributed by atoms with E-state index in [9.17, 15) is 24.3 Å². The highest BCUT2D eigenvalue weighted by atomic mass is 32.2. The molecule has 5 heterocycles. The SMILES string of the molecule is CCON=C(C(=O)NC1C(=O)N2C(C(=O)O)=C(C[n+]3ccc(-c4c[nH]c(CC(=O)NC#N)c4)cc3)CSC12)c1nsc(N)n1. The Bertz CT molecular complexity index is 1720. The maximum Gasteiger partial charge on any atom is 0.352 e. The quantitative estimate of drug-likeness (QED) is 0.0458. The van der Waals surface area contributed by atoms with Crippen molar-refractivity contribution in [3.8, 4) is 17.3 Å². The van der Waals surface area contributed by atoms with Crippen LogP contribution in [0, 0.1) is 11.5 Å². The molecule has 0 bridgehead atoms.